The van der Waals surface area contributed by atoms with Gasteiger partial charge >= 0.3 is 0 Å². The Morgan fingerprint density at radius 1 is 1.60 bits per heavy atom. The van der Waals surface area contributed by atoms with Gasteiger partial charge < -0.3 is 10.2 Å². The first kappa shape index (κ1) is 10.6. The predicted molar refractivity (Wildman–Crippen MR) is 58.6 cm³/mol. The summed E-state index contributed by atoms with van der Waals surface area (Å²) in [6, 6.07) is 0.398. The van der Waals surface area contributed by atoms with E-state index in [1.165, 1.54) is 0 Å². The van der Waals surface area contributed by atoms with Crippen LogP contribution >= 0.6 is 0 Å². The molecule has 2 rings (SSSR count). The van der Waals surface area contributed by atoms with Crippen molar-refractivity contribution in [2.24, 2.45) is 5.73 Å². The number of hydrogen-bond donors (Lipinski definition) is 1. The van der Waals surface area contributed by atoms with Crippen LogP contribution in [0.1, 0.15) is 36.2 Å². The Kier molecular flexibility index (Phi) is 3.07. The van der Waals surface area contributed by atoms with Crippen LogP contribution in [0.5, 0.6) is 0 Å². The average molecular weight is 209 g/mol. The van der Waals surface area contributed by atoms with Gasteiger partial charge in [-0.2, -0.15) is 0 Å². The number of hydrogen-bond acceptors (Lipinski definition) is 4. The minimum Gasteiger partial charge on any atom is -0.446 e. The van der Waals surface area contributed by atoms with Gasteiger partial charge in [-0.25, -0.2) is 4.98 Å². The van der Waals surface area contributed by atoms with Gasteiger partial charge in [-0.15, -0.1) is 0 Å². The standard InChI is InChI=1S/C11H19N3O/c1-8-13-11-9(4-3-6-12)14(2)7-5-10(11)15-8/h9H,3-7,12H2,1-2H3. The van der Waals surface area contributed by atoms with E-state index in [-0.39, 0.29) is 0 Å². The number of aromatic nitrogens is 1. The van der Waals surface area contributed by atoms with E-state index in [1.807, 2.05) is 6.92 Å². The zero-order valence-corrected chi connectivity index (χ0v) is 9.49. The van der Waals surface area contributed by atoms with E-state index in [4.69, 9.17) is 10.2 Å². The summed E-state index contributed by atoms with van der Waals surface area (Å²) in [5.41, 5.74) is 6.69. The van der Waals surface area contributed by atoms with Crippen molar-refractivity contribution in [3.63, 3.8) is 0 Å². The largest absolute Gasteiger partial charge is 0.446 e. The Morgan fingerprint density at radius 2 is 2.40 bits per heavy atom. The molecule has 1 atom stereocenters. The molecule has 0 saturated carbocycles. The van der Waals surface area contributed by atoms with Gasteiger partial charge in [-0.05, 0) is 26.4 Å². The number of likely N-dealkylation sites (N-methyl/N-ethyl adjacent to an activating group) is 1. The smallest absolute Gasteiger partial charge is 0.191 e. The molecule has 2 N–H and O–H groups in total. The molecule has 0 amide bonds. The third kappa shape index (κ3) is 2.06. The first-order chi connectivity index (χ1) is 7.22. The van der Waals surface area contributed by atoms with E-state index in [9.17, 15) is 0 Å². The van der Waals surface area contributed by atoms with Crippen LogP contribution in [0.3, 0.4) is 0 Å². The summed E-state index contributed by atoms with van der Waals surface area (Å²) < 4.78 is 5.60. The first-order valence-corrected chi connectivity index (χ1v) is 5.59. The second kappa shape index (κ2) is 4.33. The zero-order chi connectivity index (χ0) is 10.8. The highest BCUT2D eigenvalue weighted by atomic mass is 16.4. The Hall–Kier alpha value is -0.870. The number of nitrogens with zero attached hydrogens (tertiary/aromatic N) is 2. The summed E-state index contributed by atoms with van der Waals surface area (Å²) in [7, 11) is 2.15. The van der Waals surface area contributed by atoms with Crippen LogP contribution in [0.15, 0.2) is 4.42 Å². The minimum absolute atomic E-state index is 0.398. The maximum absolute atomic E-state index is 5.60. The van der Waals surface area contributed by atoms with Crippen molar-refractivity contribution in [2.75, 3.05) is 20.1 Å². The van der Waals surface area contributed by atoms with Crippen LogP contribution in [0.2, 0.25) is 0 Å². The highest BCUT2D eigenvalue weighted by molar-refractivity contribution is 5.18. The number of aryl methyl sites for hydroxylation is 1. The summed E-state index contributed by atoms with van der Waals surface area (Å²) in [6.45, 7) is 3.71. The molecular formula is C11H19N3O. The van der Waals surface area contributed by atoms with Crippen LogP contribution in [0.25, 0.3) is 0 Å². The summed E-state index contributed by atoms with van der Waals surface area (Å²) in [6.07, 6.45) is 3.10. The fourth-order valence-corrected chi connectivity index (χ4v) is 2.24. The third-order valence-electron chi connectivity index (χ3n) is 3.06. The minimum atomic E-state index is 0.398. The molecule has 0 spiro atoms. The van der Waals surface area contributed by atoms with Gasteiger partial charge in [0.05, 0.1) is 11.7 Å². The molecule has 1 aromatic rings. The van der Waals surface area contributed by atoms with Crippen molar-refractivity contribution in [2.45, 2.75) is 32.2 Å². The summed E-state index contributed by atoms with van der Waals surface area (Å²) in [4.78, 5) is 6.83. The third-order valence-corrected chi connectivity index (χ3v) is 3.06. The molecule has 2 heterocycles. The normalized spacial score (nSPS) is 21.7. The quantitative estimate of drug-likeness (QED) is 0.814. The molecule has 1 aliphatic rings. The van der Waals surface area contributed by atoms with Crippen LogP contribution in [0.4, 0.5) is 0 Å². The lowest BCUT2D eigenvalue weighted by Gasteiger charge is -2.30. The number of rotatable bonds is 3. The monoisotopic (exact) mass is 209 g/mol. The van der Waals surface area contributed by atoms with E-state index in [0.717, 1.165) is 49.7 Å². The van der Waals surface area contributed by atoms with Crippen molar-refractivity contribution >= 4 is 0 Å². The molecule has 0 bridgehead atoms. The van der Waals surface area contributed by atoms with Crippen molar-refractivity contribution in [1.29, 1.82) is 0 Å². The van der Waals surface area contributed by atoms with Crippen molar-refractivity contribution in [3.8, 4) is 0 Å². The van der Waals surface area contributed by atoms with Gasteiger partial charge in [0.1, 0.15) is 5.76 Å². The predicted octanol–water partition coefficient (Wildman–Crippen LogP) is 1.25. The van der Waals surface area contributed by atoms with E-state index in [0.29, 0.717) is 6.04 Å². The number of oxazole rings is 1. The zero-order valence-electron chi connectivity index (χ0n) is 9.49. The van der Waals surface area contributed by atoms with Gasteiger partial charge in [0, 0.05) is 19.9 Å². The molecule has 4 nitrogen and oxygen atoms in total. The molecule has 84 valence electrons. The average Bonchev–Trinajstić information content (AvgIpc) is 2.57. The highest BCUT2D eigenvalue weighted by Crippen LogP contribution is 2.31. The SMILES string of the molecule is Cc1nc2c(o1)CCN(C)C2CCCN. The molecule has 15 heavy (non-hydrogen) atoms. The first-order valence-electron chi connectivity index (χ1n) is 5.59. The van der Waals surface area contributed by atoms with Crippen molar-refractivity contribution in [3.05, 3.63) is 17.3 Å². The molecule has 1 aliphatic heterocycles. The lowest BCUT2D eigenvalue weighted by molar-refractivity contribution is 0.203. The molecule has 0 aliphatic carbocycles. The molecule has 1 aromatic heterocycles. The molecule has 0 saturated heterocycles. The number of fused-ring (bicyclic) bond motifs is 1. The van der Waals surface area contributed by atoms with Crippen LogP contribution in [-0.4, -0.2) is 30.0 Å². The van der Waals surface area contributed by atoms with Crippen LogP contribution in [0, 0.1) is 6.92 Å². The Bertz CT molecular complexity index is 335. The van der Waals surface area contributed by atoms with Gasteiger partial charge in [0.15, 0.2) is 5.89 Å². The number of nitrogens with two attached hydrogens (primary N) is 1. The topological polar surface area (TPSA) is 55.3 Å². The molecule has 1 unspecified atom stereocenters. The maximum Gasteiger partial charge on any atom is 0.191 e. The van der Waals surface area contributed by atoms with Crippen molar-refractivity contribution < 1.29 is 4.42 Å². The summed E-state index contributed by atoms with van der Waals surface area (Å²) >= 11 is 0. The summed E-state index contributed by atoms with van der Waals surface area (Å²) in [5, 5.41) is 0. The molecule has 0 radical (unpaired) electrons. The highest BCUT2D eigenvalue weighted by Gasteiger charge is 2.28. The fourth-order valence-electron chi connectivity index (χ4n) is 2.24. The summed E-state index contributed by atoms with van der Waals surface area (Å²) in [5.74, 6) is 1.86. The van der Waals surface area contributed by atoms with E-state index in [2.05, 4.69) is 16.9 Å². The van der Waals surface area contributed by atoms with Crippen LogP contribution < -0.4 is 5.73 Å². The van der Waals surface area contributed by atoms with E-state index in [1.54, 1.807) is 0 Å². The van der Waals surface area contributed by atoms with Crippen LogP contribution in [-0.2, 0) is 6.42 Å². The lowest BCUT2D eigenvalue weighted by Crippen LogP contribution is -2.32. The maximum atomic E-state index is 5.60. The second-order valence-corrected chi connectivity index (χ2v) is 4.22. The Balaban J connectivity index is 2.20. The molecule has 0 aromatic carbocycles. The van der Waals surface area contributed by atoms with Gasteiger partial charge in [0.2, 0.25) is 0 Å². The van der Waals surface area contributed by atoms with Crippen molar-refractivity contribution in [1.82, 2.24) is 9.88 Å². The fraction of sp³-hybridized carbons (Fsp3) is 0.727. The second-order valence-electron chi connectivity index (χ2n) is 4.22. The van der Waals surface area contributed by atoms with Gasteiger partial charge in [-0.1, -0.05) is 0 Å². The van der Waals surface area contributed by atoms with Gasteiger partial charge in [-0.3, -0.25) is 4.90 Å². The molecule has 0 fully saturated rings. The lowest BCUT2D eigenvalue weighted by atomic mass is 10.00. The molecular weight excluding hydrogens is 190 g/mol. The Morgan fingerprint density at radius 3 is 3.13 bits per heavy atom. The molecule has 4 heteroatoms. The van der Waals surface area contributed by atoms with E-state index >= 15 is 0 Å². The Labute approximate surface area is 90.5 Å². The van der Waals surface area contributed by atoms with Gasteiger partial charge in [0.25, 0.3) is 0 Å². The van der Waals surface area contributed by atoms with E-state index < -0.39 is 0 Å².